The van der Waals surface area contributed by atoms with E-state index in [9.17, 15) is 16.8 Å². The van der Waals surface area contributed by atoms with Crippen LogP contribution < -0.4 is 4.72 Å². The van der Waals surface area contributed by atoms with Crippen LogP contribution in [0.15, 0.2) is 87.5 Å². The number of sulfone groups is 1. The summed E-state index contributed by atoms with van der Waals surface area (Å²) in [5.74, 6) is 0. The first-order valence-electron chi connectivity index (χ1n) is 9.16. The van der Waals surface area contributed by atoms with Gasteiger partial charge in [-0.1, -0.05) is 54.1 Å². The minimum Gasteiger partial charge on any atom is -0.219 e. The summed E-state index contributed by atoms with van der Waals surface area (Å²) in [6.07, 6.45) is 0.542. The van der Waals surface area contributed by atoms with Gasteiger partial charge in [0.25, 0.3) is 0 Å². The van der Waals surface area contributed by atoms with E-state index < -0.39 is 19.9 Å². The lowest BCUT2D eigenvalue weighted by molar-refractivity contribution is 0.580. The number of benzene rings is 3. The van der Waals surface area contributed by atoms with Gasteiger partial charge in [0.15, 0.2) is 0 Å². The SMILES string of the molecule is Cc1ccc(CCNS(=O)(=O)c2cc(S(=O)(=O)c3ccccc3)ccc2C)cc1. The van der Waals surface area contributed by atoms with E-state index >= 15 is 0 Å². The number of nitrogens with one attached hydrogen (secondary N) is 1. The molecule has 152 valence electrons. The van der Waals surface area contributed by atoms with Crippen LogP contribution in [-0.2, 0) is 26.3 Å². The third-order valence-corrected chi connectivity index (χ3v) is 8.01. The van der Waals surface area contributed by atoms with E-state index in [1.54, 1.807) is 25.1 Å². The standard InChI is InChI=1S/C22H23NO4S2/c1-17-8-11-19(12-9-17)14-15-23-29(26,27)22-16-21(13-10-18(22)2)28(24,25)20-6-4-3-5-7-20/h3-13,16,23H,14-15H2,1-2H3. The summed E-state index contributed by atoms with van der Waals surface area (Å²) in [5, 5.41) is 0. The van der Waals surface area contributed by atoms with Gasteiger partial charge in [0.2, 0.25) is 19.9 Å². The van der Waals surface area contributed by atoms with Crippen molar-refractivity contribution in [2.45, 2.75) is 35.0 Å². The number of hydrogen-bond donors (Lipinski definition) is 1. The van der Waals surface area contributed by atoms with Gasteiger partial charge in [0, 0.05) is 6.54 Å². The topological polar surface area (TPSA) is 80.3 Å². The van der Waals surface area contributed by atoms with E-state index in [2.05, 4.69) is 4.72 Å². The average molecular weight is 430 g/mol. The maximum atomic E-state index is 12.8. The number of rotatable bonds is 7. The Bertz CT molecular complexity index is 1200. The Morgan fingerprint density at radius 3 is 2.07 bits per heavy atom. The molecule has 0 aromatic heterocycles. The van der Waals surface area contributed by atoms with Crippen LogP contribution in [0.3, 0.4) is 0 Å². The molecule has 0 saturated heterocycles. The van der Waals surface area contributed by atoms with Gasteiger partial charge in [0.05, 0.1) is 14.7 Å². The molecule has 3 rings (SSSR count). The van der Waals surface area contributed by atoms with Crippen molar-refractivity contribution in [1.29, 1.82) is 0 Å². The summed E-state index contributed by atoms with van der Waals surface area (Å²) in [4.78, 5) is 0.0474. The van der Waals surface area contributed by atoms with Gasteiger partial charge in [0.1, 0.15) is 0 Å². The second-order valence-corrected chi connectivity index (χ2v) is 10.6. The molecular weight excluding hydrogens is 406 g/mol. The highest BCUT2D eigenvalue weighted by Gasteiger charge is 2.23. The van der Waals surface area contributed by atoms with Gasteiger partial charge in [-0.15, -0.1) is 0 Å². The van der Waals surface area contributed by atoms with Gasteiger partial charge in [-0.3, -0.25) is 0 Å². The molecule has 0 aliphatic heterocycles. The van der Waals surface area contributed by atoms with Crippen LogP contribution in [0.5, 0.6) is 0 Å². The normalized spacial score (nSPS) is 12.1. The van der Waals surface area contributed by atoms with Crippen LogP contribution in [-0.4, -0.2) is 23.4 Å². The first-order chi connectivity index (χ1) is 13.7. The van der Waals surface area contributed by atoms with Crippen LogP contribution >= 0.6 is 0 Å². The van der Waals surface area contributed by atoms with Gasteiger partial charge < -0.3 is 0 Å². The number of hydrogen-bond acceptors (Lipinski definition) is 4. The molecule has 0 atom stereocenters. The Kier molecular flexibility index (Phi) is 6.21. The fourth-order valence-electron chi connectivity index (χ4n) is 2.94. The molecule has 3 aromatic carbocycles. The molecule has 0 heterocycles. The monoisotopic (exact) mass is 429 g/mol. The molecule has 7 heteroatoms. The smallest absolute Gasteiger partial charge is 0.219 e. The Morgan fingerprint density at radius 1 is 0.759 bits per heavy atom. The van der Waals surface area contributed by atoms with E-state index in [4.69, 9.17) is 0 Å². The van der Waals surface area contributed by atoms with Gasteiger partial charge in [-0.05, 0) is 55.7 Å². The predicted molar refractivity (Wildman–Crippen MR) is 113 cm³/mol. The first-order valence-corrected chi connectivity index (χ1v) is 12.1. The largest absolute Gasteiger partial charge is 0.240 e. The average Bonchev–Trinajstić information content (AvgIpc) is 2.70. The summed E-state index contributed by atoms with van der Waals surface area (Å²) in [7, 11) is -7.65. The maximum absolute atomic E-state index is 12.8. The van der Waals surface area contributed by atoms with Crippen molar-refractivity contribution < 1.29 is 16.8 Å². The molecule has 1 N–H and O–H groups in total. The lowest BCUT2D eigenvalue weighted by Crippen LogP contribution is -2.27. The molecule has 0 bridgehead atoms. The molecule has 0 fully saturated rings. The molecule has 0 saturated carbocycles. The van der Waals surface area contributed by atoms with Crippen LogP contribution in [0, 0.1) is 13.8 Å². The molecule has 0 spiro atoms. The van der Waals surface area contributed by atoms with Gasteiger partial charge >= 0.3 is 0 Å². The lowest BCUT2D eigenvalue weighted by atomic mass is 10.1. The van der Waals surface area contributed by atoms with E-state index in [-0.39, 0.29) is 21.2 Å². The van der Waals surface area contributed by atoms with E-state index in [1.807, 2.05) is 31.2 Å². The minimum absolute atomic E-state index is 0.0292. The third-order valence-electron chi connectivity index (χ3n) is 4.64. The third kappa shape index (κ3) is 4.93. The molecule has 5 nitrogen and oxygen atoms in total. The Labute approximate surface area is 172 Å². The highest BCUT2D eigenvalue weighted by Crippen LogP contribution is 2.25. The molecule has 0 radical (unpaired) electrons. The molecule has 0 amide bonds. The van der Waals surface area contributed by atoms with Crippen molar-refractivity contribution in [3.8, 4) is 0 Å². The summed E-state index contributed by atoms with van der Waals surface area (Å²) in [6.45, 7) is 3.86. The zero-order valence-corrected chi connectivity index (χ0v) is 17.9. The predicted octanol–water partition coefficient (Wildman–Crippen LogP) is 3.66. The molecule has 29 heavy (non-hydrogen) atoms. The summed E-state index contributed by atoms with van der Waals surface area (Å²) < 4.78 is 53.9. The van der Waals surface area contributed by atoms with Crippen molar-refractivity contribution in [1.82, 2.24) is 4.72 Å². The summed E-state index contributed by atoms with van der Waals surface area (Å²) in [6, 6.07) is 20.0. The fraction of sp³-hybridized carbons (Fsp3) is 0.182. The van der Waals surface area contributed by atoms with E-state index in [0.29, 0.717) is 12.0 Å². The van der Waals surface area contributed by atoms with Crippen LogP contribution in [0.2, 0.25) is 0 Å². The van der Waals surface area contributed by atoms with Gasteiger partial charge in [-0.2, -0.15) is 0 Å². The molecular formula is C22H23NO4S2. The van der Waals surface area contributed by atoms with E-state index in [0.717, 1.165) is 11.1 Å². The lowest BCUT2D eigenvalue weighted by Gasteiger charge is -2.12. The second-order valence-electron chi connectivity index (χ2n) is 6.88. The van der Waals surface area contributed by atoms with Crippen molar-refractivity contribution in [2.75, 3.05) is 6.54 Å². The maximum Gasteiger partial charge on any atom is 0.240 e. The highest BCUT2D eigenvalue weighted by atomic mass is 32.2. The van der Waals surface area contributed by atoms with Crippen molar-refractivity contribution in [3.63, 3.8) is 0 Å². The number of aryl methyl sites for hydroxylation is 2. The Balaban J connectivity index is 1.84. The molecule has 3 aromatic rings. The molecule has 0 aliphatic carbocycles. The van der Waals surface area contributed by atoms with E-state index in [1.165, 1.54) is 30.3 Å². The van der Waals surface area contributed by atoms with Gasteiger partial charge in [-0.25, -0.2) is 21.6 Å². The Hall–Kier alpha value is -2.48. The first kappa shape index (κ1) is 21.2. The summed E-state index contributed by atoms with van der Waals surface area (Å²) in [5.41, 5.74) is 2.65. The highest BCUT2D eigenvalue weighted by molar-refractivity contribution is 7.91. The van der Waals surface area contributed by atoms with Crippen molar-refractivity contribution >= 4 is 19.9 Å². The zero-order valence-electron chi connectivity index (χ0n) is 16.3. The van der Waals surface area contributed by atoms with Crippen molar-refractivity contribution in [2.24, 2.45) is 0 Å². The molecule has 0 aliphatic rings. The van der Waals surface area contributed by atoms with Crippen molar-refractivity contribution in [3.05, 3.63) is 89.5 Å². The summed E-state index contributed by atoms with van der Waals surface area (Å²) >= 11 is 0. The quantitative estimate of drug-likeness (QED) is 0.622. The zero-order chi connectivity index (χ0) is 21.1. The number of sulfonamides is 1. The Morgan fingerprint density at radius 2 is 1.41 bits per heavy atom. The fourth-order valence-corrected chi connectivity index (χ4v) is 5.62. The minimum atomic E-state index is -3.85. The molecule has 0 unspecified atom stereocenters. The van der Waals surface area contributed by atoms with Crippen LogP contribution in [0.25, 0.3) is 0 Å². The second kappa shape index (κ2) is 8.49. The van der Waals surface area contributed by atoms with Crippen LogP contribution in [0.1, 0.15) is 16.7 Å². The van der Waals surface area contributed by atoms with Crippen LogP contribution in [0.4, 0.5) is 0 Å².